The molecule has 1 aromatic carbocycles. The first-order chi connectivity index (χ1) is 9.82. The van der Waals surface area contributed by atoms with E-state index in [1.54, 1.807) is 4.90 Å². The average Bonchev–Trinajstić information content (AvgIpc) is 2.44. The minimum atomic E-state index is -0.794. The molecule has 114 valence electrons. The molecule has 4 nitrogen and oxygen atoms in total. The van der Waals surface area contributed by atoms with Gasteiger partial charge in [0.25, 0.3) is 0 Å². The normalized spacial score (nSPS) is 17.8. The van der Waals surface area contributed by atoms with Gasteiger partial charge in [-0.25, -0.2) is 0 Å². The second kappa shape index (κ2) is 6.71. The van der Waals surface area contributed by atoms with Crippen LogP contribution in [0.5, 0.6) is 0 Å². The lowest BCUT2D eigenvalue weighted by Gasteiger charge is -2.33. The number of piperidine rings is 1. The van der Waals surface area contributed by atoms with Gasteiger partial charge in [0.05, 0.1) is 20.1 Å². The molecule has 21 heavy (non-hydrogen) atoms. The predicted octanol–water partition coefficient (Wildman–Crippen LogP) is 3.49. The van der Waals surface area contributed by atoms with Crippen molar-refractivity contribution < 1.29 is 9.59 Å². The van der Waals surface area contributed by atoms with Gasteiger partial charge in [0.2, 0.25) is 5.91 Å². The zero-order valence-electron chi connectivity index (χ0n) is 10.8. The Kier molecular flexibility index (Phi) is 5.38. The minimum Gasteiger partial charge on any atom is -0.368 e. The number of hydrogen-bond donors (Lipinski definition) is 1. The average molecular weight is 370 g/mol. The highest BCUT2D eigenvalue weighted by atomic mass is 35.5. The van der Waals surface area contributed by atoms with Gasteiger partial charge in [-0.05, 0) is 6.07 Å². The summed E-state index contributed by atoms with van der Waals surface area (Å²) in [6.07, 6.45) is 0.743. The second-order valence-electron chi connectivity index (χ2n) is 4.77. The van der Waals surface area contributed by atoms with Gasteiger partial charge in [-0.15, -0.1) is 0 Å². The van der Waals surface area contributed by atoms with Gasteiger partial charge in [-0.3, -0.25) is 14.5 Å². The van der Waals surface area contributed by atoms with E-state index in [0.29, 0.717) is 31.5 Å². The molecule has 2 rings (SSSR count). The molecule has 1 unspecified atom stereocenters. The fourth-order valence-electron chi connectivity index (χ4n) is 2.35. The van der Waals surface area contributed by atoms with E-state index in [1.165, 1.54) is 6.07 Å². The van der Waals surface area contributed by atoms with Crippen molar-refractivity contribution in [2.24, 2.45) is 5.73 Å². The summed E-state index contributed by atoms with van der Waals surface area (Å²) in [6.45, 7) is 0.862. The Morgan fingerprint density at radius 3 is 2.19 bits per heavy atom. The summed E-state index contributed by atoms with van der Waals surface area (Å²) >= 11 is 24.1. The van der Waals surface area contributed by atoms with Crippen molar-refractivity contribution in [1.82, 2.24) is 4.90 Å². The summed E-state index contributed by atoms with van der Waals surface area (Å²) in [5, 5.41) is 0.552. The third kappa shape index (κ3) is 3.46. The quantitative estimate of drug-likeness (QED) is 0.655. The Hall–Kier alpha value is -0.520. The van der Waals surface area contributed by atoms with Gasteiger partial charge in [0.1, 0.15) is 11.8 Å². The third-order valence-electron chi connectivity index (χ3n) is 3.42. The zero-order chi connectivity index (χ0) is 15.7. The molecule has 0 aliphatic carbocycles. The number of carbonyl (C=O) groups excluding carboxylic acids is 2. The van der Waals surface area contributed by atoms with Crippen LogP contribution in [0.25, 0.3) is 0 Å². The van der Waals surface area contributed by atoms with Crippen LogP contribution in [0.4, 0.5) is 0 Å². The van der Waals surface area contributed by atoms with Crippen molar-refractivity contribution >= 4 is 58.1 Å². The van der Waals surface area contributed by atoms with Gasteiger partial charge in [-0.1, -0.05) is 46.4 Å². The molecule has 1 saturated heterocycles. The van der Waals surface area contributed by atoms with Crippen LogP contribution >= 0.6 is 46.4 Å². The maximum atomic E-state index is 11.9. The molecule has 1 atom stereocenters. The van der Waals surface area contributed by atoms with Gasteiger partial charge < -0.3 is 5.73 Å². The zero-order valence-corrected chi connectivity index (χ0v) is 13.9. The largest absolute Gasteiger partial charge is 0.368 e. The van der Waals surface area contributed by atoms with E-state index in [-0.39, 0.29) is 25.9 Å². The van der Waals surface area contributed by atoms with Crippen molar-refractivity contribution in [1.29, 1.82) is 0 Å². The van der Waals surface area contributed by atoms with Gasteiger partial charge >= 0.3 is 0 Å². The molecule has 8 heteroatoms. The monoisotopic (exact) mass is 368 g/mol. The van der Waals surface area contributed by atoms with Crippen LogP contribution in [-0.2, 0) is 9.59 Å². The highest BCUT2D eigenvalue weighted by molar-refractivity contribution is 6.52. The number of nitrogens with zero attached hydrogens (tertiary/aromatic N) is 1. The molecule has 0 aromatic heterocycles. The molecule has 1 aromatic rings. The molecule has 0 bridgehead atoms. The number of halogens is 4. The highest BCUT2D eigenvalue weighted by Crippen LogP contribution is 2.41. The van der Waals surface area contributed by atoms with Crippen LogP contribution in [0.1, 0.15) is 24.4 Å². The number of Topliss-reactive ketones (excluding diaryl/α,β-unsaturated/α-hetero) is 1. The number of rotatable bonds is 3. The first-order valence-electron chi connectivity index (χ1n) is 6.21. The summed E-state index contributed by atoms with van der Waals surface area (Å²) in [5.74, 6) is -0.423. The van der Waals surface area contributed by atoms with Crippen molar-refractivity contribution in [3.8, 4) is 0 Å². The fourth-order valence-corrected chi connectivity index (χ4v) is 3.27. The number of hydrogen-bond acceptors (Lipinski definition) is 3. The second-order valence-corrected chi connectivity index (χ2v) is 6.31. The molecular formula is C13H12Cl4N2O2. The highest BCUT2D eigenvalue weighted by Gasteiger charge is 2.32. The molecule has 1 heterocycles. The lowest BCUT2D eigenvalue weighted by atomic mass is 10.0. The van der Waals surface area contributed by atoms with E-state index in [2.05, 4.69) is 0 Å². The molecule has 0 spiro atoms. The fraction of sp³-hybridized carbons (Fsp3) is 0.385. The third-order valence-corrected chi connectivity index (χ3v) is 5.18. The van der Waals surface area contributed by atoms with E-state index < -0.39 is 11.9 Å². The lowest BCUT2D eigenvalue weighted by molar-refractivity contribution is -0.128. The smallest absolute Gasteiger partial charge is 0.239 e. The number of benzene rings is 1. The summed E-state index contributed by atoms with van der Waals surface area (Å²) in [7, 11) is 0. The van der Waals surface area contributed by atoms with Crippen LogP contribution < -0.4 is 5.73 Å². The molecule has 2 N–H and O–H groups in total. The Morgan fingerprint density at radius 2 is 1.67 bits per heavy atom. The summed E-state index contributed by atoms with van der Waals surface area (Å²) in [4.78, 5) is 25.0. The molecular weight excluding hydrogens is 358 g/mol. The molecule has 0 saturated carbocycles. The summed E-state index contributed by atoms with van der Waals surface area (Å²) in [6, 6.07) is 0.696. The topological polar surface area (TPSA) is 63.4 Å². The van der Waals surface area contributed by atoms with Gasteiger partial charge in [-0.2, -0.15) is 0 Å². The molecule has 0 radical (unpaired) electrons. The van der Waals surface area contributed by atoms with Crippen molar-refractivity contribution in [2.75, 3.05) is 13.1 Å². The maximum Gasteiger partial charge on any atom is 0.239 e. The Bertz CT molecular complexity index is 596. The first-order valence-corrected chi connectivity index (χ1v) is 7.72. The summed E-state index contributed by atoms with van der Waals surface area (Å²) in [5.41, 5.74) is 5.90. The molecule has 1 amide bonds. The molecule has 1 aliphatic heterocycles. The number of ketones is 1. The SMILES string of the molecule is NC(=O)C(c1cc(Cl)c(Cl)c(Cl)c1Cl)N1CCC(=O)CC1. The Balaban J connectivity index is 2.44. The van der Waals surface area contributed by atoms with Crippen molar-refractivity contribution in [2.45, 2.75) is 18.9 Å². The standard InChI is InChI=1S/C13H12Cl4N2O2/c14-8-5-7(9(15)11(17)10(8)16)12(13(18)21)19-3-1-6(20)2-4-19/h5,12H,1-4H2,(H2,18,21). The maximum absolute atomic E-state index is 11.9. The Labute approximate surface area is 142 Å². The molecule has 1 fully saturated rings. The minimum absolute atomic E-state index is 0.0835. The van der Waals surface area contributed by atoms with Crippen molar-refractivity contribution in [3.63, 3.8) is 0 Å². The Morgan fingerprint density at radius 1 is 1.10 bits per heavy atom. The van der Waals surface area contributed by atoms with E-state index in [1.807, 2.05) is 0 Å². The van der Waals surface area contributed by atoms with Crippen LogP contribution in [-0.4, -0.2) is 29.7 Å². The number of primary amides is 1. The van der Waals surface area contributed by atoms with Crippen LogP contribution in [0.2, 0.25) is 20.1 Å². The number of carbonyl (C=O) groups is 2. The van der Waals surface area contributed by atoms with E-state index in [9.17, 15) is 9.59 Å². The predicted molar refractivity (Wildman–Crippen MR) is 84.2 cm³/mol. The van der Waals surface area contributed by atoms with Crippen LogP contribution in [0, 0.1) is 0 Å². The van der Waals surface area contributed by atoms with Crippen molar-refractivity contribution in [3.05, 3.63) is 31.7 Å². The van der Waals surface area contributed by atoms with E-state index in [0.717, 1.165) is 0 Å². The number of amides is 1. The first kappa shape index (κ1) is 16.8. The molecule has 1 aliphatic rings. The van der Waals surface area contributed by atoms with Crippen LogP contribution in [0.3, 0.4) is 0 Å². The lowest BCUT2D eigenvalue weighted by Crippen LogP contribution is -2.42. The van der Waals surface area contributed by atoms with Gasteiger partial charge in [0.15, 0.2) is 0 Å². The van der Waals surface area contributed by atoms with Gasteiger partial charge in [0, 0.05) is 31.5 Å². The van der Waals surface area contributed by atoms with E-state index in [4.69, 9.17) is 52.1 Å². The van der Waals surface area contributed by atoms with Crippen LogP contribution in [0.15, 0.2) is 6.07 Å². The van der Waals surface area contributed by atoms with E-state index >= 15 is 0 Å². The summed E-state index contributed by atoms with van der Waals surface area (Å²) < 4.78 is 0. The number of likely N-dealkylation sites (tertiary alicyclic amines) is 1. The number of nitrogens with two attached hydrogens (primary N) is 1.